The van der Waals surface area contributed by atoms with Crippen molar-refractivity contribution in [1.29, 1.82) is 0 Å². The van der Waals surface area contributed by atoms with Crippen molar-refractivity contribution in [3.8, 4) is 0 Å². The van der Waals surface area contributed by atoms with Crippen LogP contribution in [0.4, 0.5) is 4.39 Å². The Morgan fingerprint density at radius 2 is 2.27 bits per heavy atom. The zero-order valence-electron chi connectivity index (χ0n) is 6.09. The van der Waals surface area contributed by atoms with E-state index < -0.39 is 6.67 Å². The van der Waals surface area contributed by atoms with Crippen molar-refractivity contribution in [2.24, 2.45) is 0 Å². The van der Waals surface area contributed by atoms with Gasteiger partial charge in [0, 0.05) is 0 Å². The molecule has 1 aliphatic heterocycles. The molecule has 0 radical (unpaired) electrons. The summed E-state index contributed by atoms with van der Waals surface area (Å²) in [6.45, 7) is 0.141. The first-order valence-corrected chi connectivity index (χ1v) is 3.67. The zero-order valence-corrected chi connectivity index (χ0v) is 6.09. The second-order valence-corrected chi connectivity index (χ2v) is 2.65. The Balaban J connectivity index is 2.39. The van der Waals surface area contributed by atoms with Gasteiger partial charge in [-0.05, 0) is 11.1 Å². The van der Waals surface area contributed by atoms with Crippen LogP contribution in [0.2, 0.25) is 0 Å². The minimum atomic E-state index is -0.420. The van der Waals surface area contributed by atoms with Crippen LogP contribution in [0.25, 0.3) is 0 Å². The molecule has 0 N–H and O–H groups in total. The van der Waals surface area contributed by atoms with Gasteiger partial charge in [-0.15, -0.1) is 0 Å². The third-order valence-electron chi connectivity index (χ3n) is 1.98. The Labute approximate surface area is 64.8 Å². The number of ether oxygens (including phenoxy) is 1. The molecule has 0 saturated carbocycles. The molecule has 0 aromatic heterocycles. The maximum absolute atomic E-state index is 12.3. The summed E-state index contributed by atoms with van der Waals surface area (Å²) in [5, 5.41) is 0. The highest BCUT2D eigenvalue weighted by molar-refractivity contribution is 5.31. The highest BCUT2D eigenvalue weighted by atomic mass is 19.1. The lowest BCUT2D eigenvalue weighted by Crippen LogP contribution is -1.96. The summed E-state index contributed by atoms with van der Waals surface area (Å²) in [7, 11) is 0. The van der Waals surface area contributed by atoms with Gasteiger partial charge in [0.2, 0.25) is 0 Å². The van der Waals surface area contributed by atoms with Crippen molar-refractivity contribution in [1.82, 2.24) is 0 Å². The molecular formula is C9H9FO. The molecule has 0 aliphatic carbocycles. The highest BCUT2D eigenvalue weighted by Gasteiger charge is 2.21. The molecule has 2 rings (SSSR count). The monoisotopic (exact) mass is 152 g/mol. The maximum Gasteiger partial charge on any atom is 0.120 e. The van der Waals surface area contributed by atoms with Gasteiger partial charge in [0.25, 0.3) is 0 Å². The van der Waals surface area contributed by atoms with Gasteiger partial charge in [-0.3, -0.25) is 0 Å². The summed E-state index contributed by atoms with van der Waals surface area (Å²) in [4.78, 5) is 0. The number of alkyl halides is 1. The van der Waals surface area contributed by atoms with Crippen LogP contribution < -0.4 is 0 Å². The van der Waals surface area contributed by atoms with E-state index in [2.05, 4.69) is 0 Å². The summed E-state index contributed by atoms with van der Waals surface area (Å²) in [5.74, 6) is 0. The molecular weight excluding hydrogens is 143 g/mol. The van der Waals surface area contributed by atoms with Gasteiger partial charge in [-0.1, -0.05) is 24.3 Å². The van der Waals surface area contributed by atoms with Gasteiger partial charge in [0.15, 0.2) is 0 Å². The first-order valence-electron chi connectivity index (χ1n) is 3.67. The van der Waals surface area contributed by atoms with Gasteiger partial charge in [0.05, 0.1) is 6.61 Å². The van der Waals surface area contributed by atoms with Crippen LogP contribution in [0.1, 0.15) is 17.2 Å². The second kappa shape index (κ2) is 2.62. The molecule has 0 saturated heterocycles. The summed E-state index contributed by atoms with van der Waals surface area (Å²) >= 11 is 0. The van der Waals surface area contributed by atoms with E-state index in [0.29, 0.717) is 6.61 Å². The van der Waals surface area contributed by atoms with E-state index >= 15 is 0 Å². The summed E-state index contributed by atoms with van der Waals surface area (Å²) < 4.78 is 17.4. The largest absolute Gasteiger partial charge is 0.366 e. The van der Waals surface area contributed by atoms with Crippen molar-refractivity contribution in [2.75, 3.05) is 6.67 Å². The lowest BCUT2D eigenvalue weighted by atomic mass is 10.1. The summed E-state index contributed by atoms with van der Waals surface area (Å²) in [6, 6.07) is 7.76. The van der Waals surface area contributed by atoms with E-state index in [1.807, 2.05) is 24.3 Å². The normalized spacial score (nSPS) is 21.7. The minimum Gasteiger partial charge on any atom is -0.366 e. The van der Waals surface area contributed by atoms with Crippen molar-refractivity contribution in [3.63, 3.8) is 0 Å². The van der Waals surface area contributed by atoms with Crippen LogP contribution in [-0.2, 0) is 11.3 Å². The molecule has 0 amide bonds. The predicted molar refractivity (Wildman–Crippen MR) is 39.9 cm³/mol. The molecule has 1 unspecified atom stereocenters. The molecule has 0 fully saturated rings. The smallest absolute Gasteiger partial charge is 0.120 e. The molecule has 1 atom stereocenters. The molecule has 1 aromatic carbocycles. The lowest BCUT2D eigenvalue weighted by Gasteiger charge is -2.03. The summed E-state index contributed by atoms with van der Waals surface area (Å²) in [6.07, 6.45) is -0.314. The summed E-state index contributed by atoms with van der Waals surface area (Å²) in [5.41, 5.74) is 2.13. The fraction of sp³-hybridized carbons (Fsp3) is 0.333. The molecule has 11 heavy (non-hydrogen) atoms. The predicted octanol–water partition coefficient (Wildman–Crippen LogP) is 2.23. The zero-order chi connectivity index (χ0) is 7.68. The van der Waals surface area contributed by atoms with E-state index in [1.54, 1.807) is 0 Å². The first kappa shape index (κ1) is 6.80. The van der Waals surface area contributed by atoms with Crippen molar-refractivity contribution < 1.29 is 9.13 Å². The first-order chi connectivity index (χ1) is 5.42. The highest BCUT2D eigenvalue weighted by Crippen LogP contribution is 2.30. The number of hydrogen-bond acceptors (Lipinski definition) is 1. The van der Waals surface area contributed by atoms with Crippen LogP contribution in [-0.4, -0.2) is 6.67 Å². The average Bonchev–Trinajstić information content (AvgIpc) is 2.47. The molecule has 1 nitrogen and oxygen atoms in total. The van der Waals surface area contributed by atoms with Crippen molar-refractivity contribution in [3.05, 3.63) is 35.4 Å². The van der Waals surface area contributed by atoms with Crippen LogP contribution >= 0.6 is 0 Å². The van der Waals surface area contributed by atoms with Gasteiger partial charge in [-0.2, -0.15) is 0 Å². The van der Waals surface area contributed by atoms with Crippen LogP contribution in [0.5, 0.6) is 0 Å². The molecule has 1 heterocycles. The number of hydrogen-bond donors (Lipinski definition) is 0. The Bertz CT molecular complexity index is 259. The van der Waals surface area contributed by atoms with Crippen LogP contribution in [0.3, 0.4) is 0 Å². The van der Waals surface area contributed by atoms with Crippen molar-refractivity contribution >= 4 is 0 Å². The standard InChI is InChI=1S/C9H9FO/c10-5-9-8-4-2-1-3-7(8)6-11-9/h1-4,9H,5-6H2. The van der Waals surface area contributed by atoms with Crippen LogP contribution in [0, 0.1) is 0 Å². The lowest BCUT2D eigenvalue weighted by molar-refractivity contribution is 0.0478. The Morgan fingerprint density at radius 1 is 1.45 bits per heavy atom. The van der Waals surface area contributed by atoms with Gasteiger partial charge in [0.1, 0.15) is 12.8 Å². The topological polar surface area (TPSA) is 9.23 Å². The van der Waals surface area contributed by atoms with Crippen LogP contribution in [0.15, 0.2) is 24.3 Å². The number of fused-ring (bicyclic) bond motifs is 1. The minimum absolute atomic E-state index is 0.314. The maximum atomic E-state index is 12.3. The van der Waals surface area contributed by atoms with E-state index in [0.717, 1.165) is 11.1 Å². The number of rotatable bonds is 1. The van der Waals surface area contributed by atoms with Gasteiger partial charge >= 0.3 is 0 Å². The van der Waals surface area contributed by atoms with E-state index in [-0.39, 0.29) is 6.10 Å². The number of benzene rings is 1. The molecule has 58 valence electrons. The number of halogens is 1. The molecule has 1 aromatic rings. The third-order valence-corrected chi connectivity index (χ3v) is 1.98. The Morgan fingerprint density at radius 3 is 3.09 bits per heavy atom. The Kier molecular flexibility index (Phi) is 1.62. The molecule has 0 spiro atoms. The second-order valence-electron chi connectivity index (χ2n) is 2.65. The fourth-order valence-electron chi connectivity index (χ4n) is 1.39. The third kappa shape index (κ3) is 1.03. The SMILES string of the molecule is FCC1OCc2ccccc21. The van der Waals surface area contributed by atoms with E-state index in [9.17, 15) is 4.39 Å². The molecule has 2 heteroatoms. The van der Waals surface area contributed by atoms with E-state index in [1.165, 1.54) is 0 Å². The fourth-order valence-corrected chi connectivity index (χ4v) is 1.39. The van der Waals surface area contributed by atoms with Gasteiger partial charge in [-0.25, -0.2) is 4.39 Å². The van der Waals surface area contributed by atoms with Gasteiger partial charge < -0.3 is 4.74 Å². The Hall–Kier alpha value is -0.890. The molecule has 1 aliphatic rings. The average molecular weight is 152 g/mol. The molecule has 0 bridgehead atoms. The van der Waals surface area contributed by atoms with Crippen molar-refractivity contribution in [2.45, 2.75) is 12.7 Å². The quantitative estimate of drug-likeness (QED) is 0.599. The van der Waals surface area contributed by atoms with E-state index in [4.69, 9.17) is 4.74 Å².